The van der Waals surface area contributed by atoms with Gasteiger partial charge in [-0.3, -0.25) is 10.1 Å². The van der Waals surface area contributed by atoms with Crippen molar-refractivity contribution in [3.63, 3.8) is 0 Å². The van der Waals surface area contributed by atoms with Gasteiger partial charge < -0.3 is 5.32 Å². The van der Waals surface area contributed by atoms with Crippen LogP contribution in [0.3, 0.4) is 0 Å². The van der Waals surface area contributed by atoms with Gasteiger partial charge in [0.05, 0.1) is 5.02 Å². The summed E-state index contributed by atoms with van der Waals surface area (Å²) in [6.45, 7) is 3.88. The Kier molecular flexibility index (Phi) is 3.52. The molecular weight excluding hydrogens is 257 g/mol. The summed E-state index contributed by atoms with van der Waals surface area (Å²) >= 11 is 5.69. The first-order valence-corrected chi connectivity index (χ1v) is 5.95. The van der Waals surface area contributed by atoms with Crippen molar-refractivity contribution in [1.29, 1.82) is 0 Å². The van der Waals surface area contributed by atoms with Crippen LogP contribution in [0, 0.1) is 5.82 Å². The van der Waals surface area contributed by atoms with Crippen molar-refractivity contribution >= 4 is 23.5 Å². The average molecular weight is 270 g/mol. The fraction of sp³-hybridized carbons (Fsp3) is 0.333. The smallest absolute Gasteiger partial charge is 0.256 e. The third-order valence-corrected chi connectivity index (χ3v) is 2.72. The van der Waals surface area contributed by atoms with Gasteiger partial charge in [0.1, 0.15) is 5.82 Å². The number of aliphatic imine (C=N–C) groups is 1. The Labute approximate surface area is 109 Å². The standard InChI is InChI=1S/C12H13ClFN3O/c1-6(2)15-12-16-10(11(18)17-12)7-3-4-9(14)8(13)5-7/h3-6,10H,1-2H3,(H2,15,16,17,18). The third-order valence-electron chi connectivity index (χ3n) is 2.43. The van der Waals surface area contributed by atoms with E-state index in [9.17, 15) is 9.18 Å². The summed E-state index contributed by atoms with van der Waals surface area (Å²) in [4.78, 5) is 16.0. The van der Waals surface area contributed by atoms with Crippen LogP contribution in [0.4, 0.5) is 4.39 Å². The summed E-state index contributed by atoms with van der Waals surface area (Å²) in [7, 11) is 0. The highest BCUT2D eigenvalue weighted by Gasteiger charge is 2.28. The van der Waals surface area contributed by atoms with Crippen molar-refractivity contribution in [3.8, 4) is 0 Å². The van der Waals surface area contributed by atoms with Crippen molar-refractivity contribution < 1.29 is 9.18 Å². The molecule has 2 N–H and O–H groups in total. The Morgan fingerprint density at radius 1 is 1.50 bits per heavy atom. The maximum Gasteiger partial charge on any atom is 0.256 e. The van der Waals surface area contributed by atoms with Gasteiger partial charge in [-0.1, -0.05) is 17.7 Å². The zero-order valence-corrected chi connectivity index (χ0v) is 10.8. The lowest BCUT2D eigenvalue weighted by Gasteiger charge is -2.07. The summed E-state index contributed by atoms with van der Waals surface area (Å²) in [5.74, 6) is -0.329. The van der Waals surface area contributed by atoms with Crippen LogP contribution < -0.4 is 10.6 Å². The van der Waals surface area contributed by atoms with Crippen LogP contribution in [0.15, 0.2) is 23.2 Å². The van der Waals surface area contributed by atoms with Crippen molar-refractivity contribution in [1.82, 2.24) is 10.6 Å². The molecule has 0 aliphatic carbocycles. The van der Waals surface area contributed by atoms with Crippen molar-refractivity contribution in [3.05, 3.63) is 34.6 Å². The summed E-state index contributed by atoms with van der Waals surface area (Å²) < 4.78 is 13.1. The van der Waals surface area contributed by atoms with Crippen LogP contribution in [0.25, 0.3) is 0 Å². The Morgan fingerprint density at radius 2 is 2.22 bits per heavy atom. The van der Waals surface area contributed by atoms with E-state index in [1.54, 1.807) is 0 Å². The van der Waals surface area contributed by atoms with E-state index in [-0.39, 0.29) is 17.0 Å². The summed E-state index contributed by atoms with van der Waals surface area (Å²) in [5, 5.41) is 5.63. The summed E-state index contributed by atoms with van der Waals surface area (Å²) in [5.41, 5.74) is 0.569. The molecular formula is C12H13ClFN3O. The van der Waals surface area contributed by atoms with Gasteiger partial charge in [0, 0.05) is 6.04 Å². The van der Waals surface area contributed by atoms with Crippen LogP contribution in [0.1, 0.15) is 25.5 Å². The van der Waals surface area contributed by atoms with Crippen LogP contribution in [-0.4, -0.2) is 17.9 Å². The molecule has 4 nitrogen and oxygen atoms in total. The van der Waals surface area contributed by atoms with Crippen LogP contribution in [-0.2, 0) is 4.79 Å². The highest BCUT2D eigenvalue weighted by Crippen LogP contribution is 2.25. The van der Waals surface area contributed by atoms with Gasteiger partial charge in [-0.15, -0.1) is 0 Å². The predicted molar refractivity (Wildman–Crippen MR) is 68.0 cm³/mol. The topological polar surface area (TPSA) is 53.5 Å². The van der Waals surface area contributed by atoms with E-state index in [0.29, 0.717) is 11.5 Å². The summed E-state index contributed by atoms with van der Waals surface area (Å²) in [6.07, 6.45) is 0. The molecule has 0 saturated heterocycles. The minimum atomic E-state index is -0.677. The molecule has 1 aromatic rings. The Hall–Kier alpha value is -1.62. The first kappa shape index (κ1) is 12.8. The van der Waals surface area contributed by atoms with Crippen molar-refractivity contribution in [2.45, 2.75) is 25.9 Å². The molecule has 6 heteroatoms. The predicted octanol–water partition coefficient (Wildman–Crippen LogP) is 2.00. The number of amides is 1. The van der Waals surface area contributed by atoms with Gasteiger partial charge in [-0.25, -0.2) is 9.38 Å². The lowest BCUT2D eigenvalue weighted by Crippen LogP contribution is -2.40. The van der Waals surface area contributed by atoms with Crippen LogP contribution >= 0.6 is 11.6 Å². The quantitative estimate of drug-likeness (QED) is 0.863. The first-order chi connectivity index (χ1) is 8.47. The Balaban J connectivity index is 2.24. The molecule has 0 radical (unpaired) electrons. The summed E-state index contributed by atoms with van der Waals surface area (Å²) in [6, 6.07) is 3.65. The van der Waals surface area contributed by atoms with Gasteiger partial charge >= 0.3 is 0 Å². The molecule has 1 amide bonds. The largest absolute Gasteiger partial charge is 0.354 e. The number of nitrogens with zero attached hydrogens (tertiary/aromatic N) is 1. The SMILES string of the molecule is CC(C)NC1=NC(c2ccc(F)c(Cl)c2)C(=O)N1. The number of benzene rings is 1. The van der Waals surface area contributed by atoms with Gasteiger partial charge in [-0.05, 0) is 31.5 Å². The molecule has 0 saturated carbocycles. The fourth-order valence-corrected chi connectivity index (χ4v) is 1.85. The van der Waals surface area contributed by atoms with E-state index in [1.165, 1.54) is 18.2 Å². The average Bonchev–Trinajstić information content (AvgIpc) is 2.62. The van der Waals surface area contributed by atoms with E-state index in [1.807, 2.05) is 13.8 Å². The minimum Gasteiger partial charge on any atom is -0.354 e. The fourth-order valence-electron chi connectivity index (χ4n) is 1.66. The van der Waals surface area contributed by atoms with Crippen molar-refractivity contribution in [2.75, 3.05) is 0 Å². The van der Waals surface area contributed by atoms with Gasteiger partial charge in [0.15, 0.2) is 12.0 Å². The van der Waals surface area contributed by atoms with Crippen LogP contribution in [0.2, 0.25) is 5.02 Å². The van der Waals surface area contributed by atoms with E-state index in [0.717, 1.165) is 0 Å². The number of carbonyl (C=O) groups excluding carboxylic acids is 1. The third kappa shape index (κ3) is 2.61. The van der Waals surface area contributed by atoms with Gasteiger partial charge in [0.2, 0.25) is 0 Å². The molecule has 0 spiro atoms. The zero-order chi connectivity index (χ0) is 13.3. The normalized spacial score (nSPS) is 18.8. The number of halogens is 2. The molecule has 1 aliphatic heterocycles. The number of rotatable bonds is 2. The van der Waals surface area contributed by atoms with Gasteiger partial charge in [-0.2, -0.15) is 0 Å². The number of nitrogens with one attached hydrogen (secondary N) is 2. The Morgan fingerprint density at radius 3 is 2.83 bits per heavy atom. The van der Waals surface area contributed by atoms with E-state index in [4.69, 9.17) is 11.6 Å². The molecule has 1 aromatic carbocycles. The Bertz CT molecular complexity index is 516. The second-order valence-corrected chi connectivity index (χ2v) is 4.75. The second-order valence-electron chi connectivity index (χ2n) is 4.34. The maximum atomic E-state index is 13.1. The highest BCUT2D eigenvalue weighted by atomic mass is 35.5. The second kappa shape index (κ2) is 4.94. The molecule has 96 valence electrons. The molecule has 0 aromatic heterocycles. The van der Waals surface area contributed by atoms with Crippen LogP contribution in [0.5, 0.6) is 0 Å². The molecule has 1 atom stereocenters. The zero-order valence-electron chi connectivity index (χ0n) is 10.00. The first-order valence-electron chi connectivity index (χ1n) is 5.57. The van der Waals surface area contributed by atoms with E-state index < -0.39 is 11.9 Å². The monoisotopic (exact) mass is 269 g/mol. The molecule has 2 rings (SSSR count). The minimum absolute atomic E-state index is 0.0132. The molecule has 18 heavy (non-hydrogen) atoms. The number of guanidine groups is 1. The van der Waals surface area contributed by atoms with E-state index in [2.05, 4.69) is 15.6 Å². The molecule has 1 heterocycles. The van der Waals surface area contributed by atoms with E-state index >= 15 is 0 Å². The van der Waals surface area contributed by atoms with Gasteiger partial charge in [0.25, 0.3) is 5.91 Å². The molecule has 0 fully saturated rings. The molecule has 0 bridgehead atoms. The molecule has 1 aliphatic rings. The number of hydrogen-bond acceptors (Lipinski definition) is 3. The maximum absolute atomic E-state index is 13.1. The molecule has 1 unspecified atom stereocenters. The lowest BCUT2D eigenvalue weighted by atomic mass is 10.1. The van der Waals surface area contributed by atoms with Crippen molar-refractivity contribution in [2.24, 2.45) is 4.99 Å². The number of carbonyl (C=O) groups is 1. The highest BCUT2D eigenvalue weighted by molar-refractivity contribution is 6.30. The number of hydrogen-bond donors (Lipinski definition) is 2. The lowest BCUT2D eigenvalue weighted by molar-refractivity contribution is -0.120.